The number of rotatable bonds is 2. The molecule has 0 saturated carbocycles. The van der Waals surface area contributed by atoms with Crippen LogP contribution in [0.2, 0.25) is 0 Å². The summed E-state index contributed by atoms with van der Waals surface area (Å²) in [5.74, 6) is -1.13. The number of anilines is 1. The fraction of sp³-hybridized carbons (Fsp3) is 0.385. The van der Waals surface area contributed by atoms with Crippen LogP contribution < -0.4 is 4.90 Å². The molecule has 1 amide bonds. The maximum absolute atomic E-state index is 12.8. The first-order valence-electron chi connectivity index (χ1n) is 5.67. The van der Waals surface area contributed by atoms with Crippen molar-refractivity contribution in [2.45, 2.75) is 19.8 Å². The van der Waals surface area contributed by atoms with Crippen molar-refractivity contribution in [1.82, 2.24) is 0 Å². The molecule has 0 bridgehead atoms. The molecule has 1 aromatic rings. The van der Waals surface area contributed by atoms with Crippen LogP contribution in [0.25, 0.3) is 0 Å². The molecule has 1 aliphatic heterocycles. The van der Waals surface area contributed by atoms with Crippen molar-refractivity contribution >= 4 is 17.4 Å². The lowest BCUT2D eigenvalue weighted by atomic mass is 9.93. The molecule has 0 aromatic heterocycles. The SMILES string of the molecule is CC(=O)C1CCCN(c2ccc(F)cc2)C1=O. The maximum atomic E-state index is 12.8. The van der Waals surface area contributed by atoms with E-state index in [4.69, 9.17) is 0 Å². The second-order valence-corrected chi connectivity index (χ2v) is 4.27. The van der Waals surface area contributed by atoms with Crippen molar-refractivity contribution in [3.63, 3.8) is 0 Å². The van der Waals surface area contributed by atoms with Gasteiger partial charge in [0.1, 0.15) is 11.6 Å². The van der Waals surface area contributed by atoms with Crippen LogP contribution in [-0.2, 0) is 9.59 Å². The molecule has 90 valence electrons. The number of piperidine rings is 1. The predicted molar refractivity (Wildman–Crippen MR) is 62.2 cm³/mol. The highest BCUT2D eigenvalue weighted by molar-refractivity contribution is 6.08. The minimum absolute atomic E-state index is 0.0955. The summed E-state index contributed by atoms with van der Waals surface area (Å²) >= 11 is 0. The van der Waals surface area contributed by atoms with Gasteiger partial charge in [-0.1, -0.05) is 0 Å². The molecular weight excluding hydrogens is 221 g/mol. The Balaban J connectivity index is 2.23. The summed E-state index contributed by atoms with van der Waals surface area (Å²) in [5.41, 5.74) is 0.655. The third kappa shape index (κ3) is 2.35. The van der Waals surface area contributed by atoms with Gasteiger partial charge in [-0.3, -0.25) is 9.59 Å². The van der Waals surface area contributed by atoms with Gasteiger partial charge in [-0.2, -0.15) is 0 Å². The van der Waals surface area contributed by atoms with Crippen molar-refractivity contribution in [1.29, 1.82) is 0 Å². The van der Waals surface area contributed by atoms with Gasteiger partial charge >= 0.3 is 0 Å². The van der Waals surface area contributed by atoms with Crippen LogP contribution in [0.5, 0.6) is 0 Å². The van der Waals surface area contributed by atoms with E-state index < -0.39 is 5.92 Å². The minimum Gasteiger partial charge on any atom is -0.312 e. The Morgan fingerprint density at radius 1 is 1.35 bits per heavy atom. The quantitative estimate of drug-likeness (QED) is 0.737. The molecule has 1 aliphatic rings. The number of nitrogens with zero attached hydrogens (tertiary/aromatic N) is 1. The number of amides is 1. The second-order valence-electron chi connectivity index (χ2n) is 4.27. The summed E-state index contributed by atoms with van der Waals surface area (Å²) < 4.78 is 12.8. The summed E-state index contributed by atoms with van der Waals surface area (Å²) in [4.78, 5) is 25.0. The van der Waals surface area contributed by atoms with Gasteiger partial charge in [-0.15, -0.1) is 0 Å². The van der Waals surface area contributed by atoms with Crippen molar-refractivity contribution in [3.8, 4) is 0 Å². The standard InChI is InChI=1S/C13H14FNO2/c1-9(16)12-3-2-8-15(13(12)17)11-6-4-10(14)5-7-11/h4-7,12H,2-3,8H2,1H3. The van der Waals surface area contributed by atoms with E-state index in [1.54, 1.807) is 17.0 Å². The number of Topliss-reactive ketones (excluding diaryl/α,β-unsaturated/α-hetero) is 1. The van der Waals surface area contributed by atoms with Crippen LogP contribution in [0.1, 0.15) is 19.8 Å². The number of carbonyl (C=O) groups excluding carboxylic acids is 2. The maximum Gasteiger partial charge on any atom is 0.237 e. The van der Waals surface area contributed by atoms with Crippen LogP contribution in [0.4, 0.5) is 10.1 Å². The average Bonchev–Trinajstić information content (AvgIpc) is 2.30. The highest BCUT2D eigenvalue weighted by Crippen LogP contribution is 2.25. The lowest BCUT2D eigenvalue weighted by Gasteiger charge is -2.31. The van der Waals surface area contributed by atoms with Crippen molar-refractivity contribution in [2.24, 2.45) is 5.92 Å². The summed E-state index contributed by atoms with van der Waals surface area (Å²) in [5, 5.41) is 0. The number of benzene rings is 1. The third-order valence-corrected chi connectivity index (χ3v) is 3.07. The largest absolute Gasteiger partial charge is 0.312 e. The molecule has 1 aromatic carbocycles. The number of hydrogen-bond acceptors (Lipinski definition) is 2. The number of ketones is 1. The summed E-state index contributed by atoms with van der Waals surface area (Å²) in [6.07, 6.45) is 1.42. The van der Waals surface area contributed by atoms with Gasteiger partial charge in [-0.05, 0) is 44.0 Å². The first-order chi connectivity index (χ1) is 8.09. The lowest BCUT2D eigenvalue weighted by molar-refractivity contribution is -0.132. The number of carbonyl (C=O) groups is 2. The Bertz CT molecular complexity index is 441. The molecule has 0 spiro atoms. The van der Waals surface area contributed by atoms with Crippen molar-refractivity contribution < 1.29 is 14.0 Å². The van der Waals surface area contributed by atoms with E-state index in [9.17, 15) is 14.0 Å². The average molecular weight is 235 g/mol. The first kappa shape index (κ1) is 11.8. The Kier molecular flexibility index (Phi) is 3.22. The van der Waals surface area contributed by atoms with Gasteiger partial charge < -0.3 is 4.90 Å². The fourth-order valence-electron chi connectivity index (χ4n) is 2.13. The van der Waals surface area contributed by atoms with Gasteiger partial charge in [0.15, 0.2) is 0 Å². The smallest absolute Gasteiger partial charge is 0.237 e. The molecule has 1 saturated heterocycles. The second kappa shape index (κ2) is 4.65. The molecule has 1 fully saturated rings. The predicted octanol–water partition coefficient (Wildman–Crippen LogP) is 2.16. The number of halogens is 1. The van der Waals surface area contributed by atoms with Crippen molar-refractivity contribution in [2.75, 3.05) is 11.4 Å². The molecule has 0 aliphatic carbocycles. The lowest BCUT2D eigenvalue weighted by Crippen LogP contribution is -2.43. The molecule has 17 heavy (non-hydrogen) atoms. The highest BCUT2D eigenvalue weighted by atomic mass is 19.1. The zero-order chi connectivity index (χ0) is 12.4. The molecule has 2 rings (SSSR count). The molecule has 1 heterocycles. The van der Waals surface area contributed by atoms with Gasteiger partial charge in [0.05, 0.1) is 5.92 Å². The van der Waals surface area contributed by atoms with Crippen LogP contribution in [-0.4, -0.2) is 18.2 Å². The minimum atomic E-state index is -0.534. The van der Waals surface area contributed by atoms with E-state index >= 15 is 0 Å². The van der Waals surface area contributed by atoms with Gasteiger partial charge in [-0.25, -0.2) is 4.39 Å². The van der Waals surface area contributed by atoms with Gasteiger partial charge in [0.2, 0.25) is 5.91 Å². The summed E-state index contributed by atoms with van der Waals surface area (Å²) in [6, 6.07) is 5.77. The zero-order valence-corrected chi connectivity index (χ0v) is 9.65. The van der Waals surface area contributed by atoms with Crippen molar-refractivity contribution in [3.05, 3.63) is 30.1 Å². The Morgan fingerprint density at radius 3 is 2.59 bits per heavy atom. The van der Waals surface area contributed by atoms with E-state index in [2.05, 4.69) is 0 Å². The zero-order valence-electron chi connectivity index (χ0n) is 9.65. The Hall–Kier alpha value is -1.71. The normalized spacial score (nSPS) is 20.5. The topological polar surface area (TPSA) is 37.4 Å². The third-order valence-electron chi connectivity index (χ3n) is 3.07. The van der Waals surface area contributed by atoms with E-state index in [0.717, 1.165) is 6.42 Å². The molecule has 0 N–H and O–H groups in total. The molecule has 1 unspecified atom stereocenters. The molecule has 4 heteroatoms. The van der Waals surface area contributed by atoms with E-state index in [-0.39, 0.29) is 17.5 Å². The van der Waals surface area contributed by atoms with Gasteiger partial charge in [0, 0.05) is 12.2 Å². The summed E-state index contributed by atoms with van der Waals surface area (Å²) in [7, 11) is 0. The first-order valence-corrected chi connectivity index (χ1v) is 5.67. The van der Waals surface area contributed by atoms with E-state index in [1.165, 1.54) is 19.1 Å². The monoisotopic (exact) mass is 235 g/mol. The van der Waals surface area contributed by atoms with Crippen LogP contribution >= 0.6 is 0 Å². The highest BCUT2D eigenvalue weighted by Gasteiger charge is 2.32. The van der Waals surface area contributed by atoms with Crippen LogP contribution in [0.3, 0.4) is 0 Å². The Morgan fingerprint density at radius 2 is 2.00 bits per heavy atom. The molecular formula is C13H14FNO2. The molecule has 1 atom stereocenters. The van der Waals surface area contributed by atoms with Crippen LogP contribution in [0, 0.1) is 11.7 Å². The van der Waals surface area contributed by atoms with Gasteiger partial charge in [0.25, 0.3) is 0 Å². The van der Waals surface area contributed by atoms with E-state index in [1.807, 2.05) is 0 Å². The molecule has 0 radical (unpaired) electrons. The number of hydrogen-bond donors (Lipinski definition) is 0. The summed E-state index contributed by atoms with van der Waals surface area (Å²) in [6.45, 7) is 2.03. The van der Waals surface area contributed by atoms with Crippen LogP contribution in [0.15, 0.2) is 24.3 Å². The Labute approximate surface area is 99.2 Å². The van der Waals surface area contributed by atoms with E-state index in [0.29, 0.717) is 18.7 Å². The molecule has 3 nitrogen and oxygen atoms in total. The fourth-order valence-corrected chi connectivity index (χ4v) is 2.13.